The van der Waals surface area contributed by atoms with Crippen molar-refractivity contribution in [2.24, 2.45) is 0 Å². The van der Waals surface area contributed by atoms with Crippen LogP contribution >= 0.6 is 0 Å². The fourth-order valence-electron chi connectivity index (χ4n) is 1.99. The fourth-order valence-corrected chi connectivity index (χ4v) is 3.22. The molecule has 0 aliphatic rings. The van der Waals surface area contributed by atoms with Crippen LogP contribution in [-0.2, 0) is 15.6 Å². The van der Waals surface area contributed by atoms with Gasteiger partial charge in [0, 0.05) is 5.56 Å². The molecule has 0 heterocycles. The van der Waals surface area contributed by atoms with Gasteiger partial charge in [0.05, 0.1) is 12.9 Å². The van der Waals surface area contributed by atoms with Gasteiger partial charge < -0.3 is 4.74 Å². The molecule has 0 bridgehead atoms. The largest absolute Gasteiger partial charge is 0.496 e. The van der Waals surface area contributed by atoms with Crippen LogP contribution in [0.25, 0.3) is 6.08 Å². The van der Waals surface area contributed by atoms with Crippen LogP contribution in [0.2, 0.25) is 0 Å². The zero-order valence-electron chi connectivity index (χ0n) is 12.1. The van der Waals surface area contributed by atoms with Crippen molar-refractivity contribution >= 4 is 15.9 Å². The van der Waals surface area contributed by atoms with E-state index in [9.17, 15) is 13.7 Å². The van der Waals surface area contributed by atoms with Crippen LogP contribution in [0, 0.1) is 11.3 Å². The molecule has 0 saturated carbocycles. The van der Waals surface area contributed by atoms with E-state index in [1.165, 1.54) is 13.2 Å². The molecule has 0 atom stereocenters. The van der Waals surface area contributed by atoms with Crippen molar-refractivity contribution in [3.63, 3.8) is 0 Å². The third-order valence-corrected chi connectivity index (χ3v) is 4.66. The summed E-state index contributed by atoms with van der Waals surface area (Å²) >= 11 is 0. The van der Waals surface area contributed by atoms with E-state index in [0.29, 0.717) is 16.9 Å². The second-order valence-corrected chi connectivity index (χ2v) is 6.57. The second kappa shape index (κ2) is 6.92. The molecule has 0 aromatic heterocycles. The lowest BCUT2D eigenvalue weighted by Crippen LogP contribution is -2.06. The van der Waals surface area contributed by atoms with Gasteiger partial charge in [-0.1, -0.05) is 48.5 Å². The number of allylic oxidation sites excluding steroid dienone is 1. The number of nitriles is 1. The van der Waals surface area contributed by atoms with E-state index in [0.717, 1.165) is 0 Å². The Morgan fingerprint density at radius 2 is 1.77 bits per heavy atom. The Morgan fingerprint density at radius 3 is 2.41 bits per heavy atom. The number of ether oxygens (including phenoxy) is 1. The zero-order valence-corrected chi connectivity index (χ0v) is 12.9. The van der Waals surface area contributed by atoms with Crippen LogP contribution in [0.1, 0.15) is 11.1 Å². The van der Waals surface area contributed by atoms with Gasteiger partial charge in [0.25, 0.3) is 0 Å². The monoisotopic (exact) mass is 313 g/mol. The van der Waals surface area contributed by atoms with Gasteiger partial charge in [-0.25, -0.2) is 8.42 Å². The maximum Gasteiger partial charge on any atom is 0.192 e. The Hall–Kier alpha value is -2.58. The normalized spacial score (nSPS) is 11.7. The molecule has 2 rings (SSSR count). The van der Waals surface area contributed by atoms with E-state index in [1.807, 2.05) is 6.07 Å². The Bertz CT molecular complexity index is 818. The van der Waals surface area contributed by atoms with Crippen LogP contribution in [0.5, 0.6) is 5.75 Å². The molecule has 5 heteroatoms. The number of nitrogens with zero attached hydrogens (tertiary/aromatic N) is 1. The third-order valence-electron chi connectivity index (χ3n) is 3.07. The Morgan fingerprint density at radius 1 is 1.14 bits per heavy atom. The minimum Gasteiger partial charge on any atom is -0.496 e. The number of rotatable bonds is 5. The van der Waals surface area contributed by atoms with E-state index in [4.69, 9.17) is 4.74 Å². The molecule has 0 amide bonds. The molecule has 112 valence electrons. The molecular formula is C17H15NO3S. The molecule has 0 spiro atoms. The quantitative estimate of drug-likeness (QED) is 0.795. The minimum absolute atomic E-state index is 0.206. The van der Waals surface area contributed by atoms with Crippen molar-refractivity contribution in [2.75, 3.05) is 7.11 Å². The van der Waals surface area contributed by atoms with Gasteiger partial charge in [-0.2, -0.15) is 5.26 Å². The van der Waals surface area contributed by atoms with Crippen molar-refractivity contribution in [3.05, 3.63) is 70.6 Å². The first-order valence-electron chi connectivity index (χ1n) is 6.58. The summed E-state index contributed by atoms with van der Waals surface area (Å²) < 4.78 is 30.0. The van der Waals surface area contributed by atoms with Gasteiger partial charge in [0.15, 0.2) is 9.84 Å². The summed E-state index contributed by atoms with van der Waals surface area (Å²) in [5, 5.41) is 9.23. The maximum absolute atomic E-state index is 12.4. The molecule has 0 fully saturated rings. The molecule has 0 radical (unpaired) electrons. The molecule has 0 aliphatic carbocycles. The molecule has 2 aromatic carbocycles. The lowest BCUT2D eigenvalue weighted by Gasteiger charge is -2.06. The first-order valence-corrected chi connectivity index (χ1v) is 8.23. The van der Waals surface area contributed by atoms with Gasteiger partial charge in [0.1, 0.15) is 16.7 Å². The molecule has 0 unspecified atom stereocenters. The minimum atomic E-state index is -3.70. The topological polar surface area (TPSA) is 67.2 Å². The first kappa shape index (κ1) is 15.8. The zero-order chi connectivity index (χ0) is 16.0. The van der Waals surface area contributed by atoms with Crippen molar-refractivity contribution in [3.8, 4) is 11.8 Å². The van der Waals surface area contributed by atoms with Crippen LogP contribution in [-0.4, -0.2) is 15.5 Å². The van der Waals surface area contributed by atoms with Crippen LogP contribution < -0.4 is 4.74 Å². The van der Waals surface area contributed by atoms with Crippen molar-refractivity contribution in [2.45, 2.75) is 5.75 Å². The van der Waals surface area contributed by atoms with Crippen LogP contribution in [0.15, 0.2) is 59.5 Å². The van der Waals surface area contributed by atoms with E-state index < -0.39 is 9.84 Å². The number of hydrogen-bond acceptors (Lipinski definition) is 4. The van der Waals surface area contributed by atoms with Crippen molar-refractivity contribution in [1.82, 2.24) is 0 Å². The van der Waals surface area contributed by atoms with E-state index in [2.05, 4.69) is 0 Å². The van der Waals surface area contributed by atoms with Gasteiger partial charge in [0.2, 0.25) is 0 Å². The predicted octanol–water partition coefficient (Wildman–Crippen LogP) is 3.17. The summed E-state index contributed by atoms with van der Waals surface area (Å²) in [5.41, 5.74) is 1.20. The summed E-state index contributed by atoms with van der Waals surface area (Å²) in [6.07, 6.45) is 1.34. The van der Waals surface area contributed by atoms with Gasteiger partial charge in [-0.05, 0) is 17.7 Å². The van der Waals surface area contributed by atoms with E-state index in [1.54, 1.807) is 54.6 Å². The summed E-state index contributed by atoms with van der Waals surface area (Å²) in [4.78, 5) is -0.277. The van der Waals surface area contributed by atoms with Crippen molar-refractivity contribution in [1.29, 1.82) is 5.26 Å². The van der Waals surface area contributed by atoms with Crippen molar-refractivity contribution < 1.29 is 13.2 Å². The van der Waals surface area contributed by atoms with E-state index >= 15 is 0 Å². The van der Waals surface area contributed by atoms with Crippen LogP contribution in [0.3, 0.4) is 0 Å². The predicted molar refractivity (Wildman–Crippen MR) is 85.6 cm³/mol. The van der Waals surface area contributed by atoms with E-state index in [-0.39, 0.29) is 10.7 Å². The SMILES string of the molecule is COc1ccccc1C=C(C#N)S(=O)(=O)Cc1ccccc1. The molecule has 2 aromatic rings. The standard InChI is InChI=1S/C17H15NO3S/c1-21-17-10-6-5-9-15(17)11-16(12-18)22(19,20)13-14-7-3-2-4-8-14/h2-11H,13H2,1H3. The average molecular weight is 313 g/mol. The fraction of sp³-hybridized carbons (Fsp3) is 0.118. The summed E-state index contributed by atoms with van der Waals surface area (Å²) in [6.45, 7) is 0. The number of sulfone groups is 1. The molecule has 0 saturated heterocycles. The molecule has 22 heavy (non-hydrogen) atoms. The lowest BCUT2D eigenvalue weighted by molar-refractivity contribution is 0.414. The van der Waals surface area contributed by atoms with Gasteiger partial charge in [-0.3, -0.25) is 0 Å². The first-order chi connectivity index (χ1) is 10.6. The Balaban J connectivity index is 2.39. The number of methoxy groups -OCH3 is 1. The highest BCUT2D eigenvalue weighted by Gasteiger charge is 2.19. The molecule has 0 N–H and O–H groups in total. The number of benzene rings is 2. The summed E-state index contributed by atoms with van der Waals surface area (Å²) in [5.74, 6) is 0.313. The highest BCUT2D eigenvalue weighted by atomic mass is 32.2. The smallest absolute Gasteiger partial charge is 0.192 e. The van der Waals surface area contributed by atoms with Crippen LogP contribution in [0.4, 0.5) is 0 Å². The highest BCUT2D eigenvalue weighted by molar-refractivity contribution is 7.95. The van der Waals surface area contributed by atoms with Gasteiger partial charge in [-0.15, -0.1) is 0 Å². The molecular weight excluding hydrogens is 298 g/mol. The Labute approximate surface area is 130 Å². The summed E-state index contributed by atoms with van der Waals surface area (Å²) in [6, 6.07) is 17.5. The Kier molecular flexibility index (Phi) is 4.97. The van der Waals surface area contributed by atoms with Gasteiger partial charge >= 0.3 is 0 Å². The third kappa shape index (κ3) is 3.74. The molecule has 0 aliphatic heterocycles. The average Bonchev–Trinajstić information content (AvgIpc) is 2.53. The number of para-hydroxylation sites is 1. The maximum atomic E-state index is 12.4. The second-order valence-electron chi connectivity index (χ2n) is 4.61. The number of hydrogen-bond donors (Lipinski definition) is 0. The summed E-state index contributed by atoms with van der Waals surface area (Å²) in [7, 11) is -2.21. The highest BCUT2D eigenvalue weighted by Crippen LogP contribution is 2.23. The lowest BCUT2D eigenvalue weighted by atomic mass is 10.2. The molecule has 4 nitrogen and oxygen atoms in total.